The molecule has 0 unspecified atom stereocenters. The first-order valence-corrected chi connectivity index (χ1v) is 7.92. The molecule has 1 amide bonds. The maximum Gasteiger partial charge on any atom is 0.270 e. The summed E-state index contributed by atoms with van der Waals surface area (Å²) in [5, 5.41) is 18.3. The molecule has 2 aromatic carbocycles. The van der Waals surface area contributed by atoms with Crippen molar-refractivity contribution >= 4 is 27.3 Å². The second kappa shape index (κ2) is 6.15. The van der Waals surface area contributed by atoms with E-state index in [9.17, 15) is 23.3 Å². The molecule has 2 rings (SSSR count). The van der Waals surface area contributed by atoms with Gasteiger partial charge in [-0.05, 0) is 30.7 Å². The van der Waals surface area contributed by atoms with Crippen LogP contribution in [0.1, 0.15) is 15.9 Å². The van der Waals surface area contributed by atoms with E-state index in [1.807, 2.05) is 0 Å². The Bertz CT molecular complexity index is 893. The van der Waals surface area contributed by atoms with Gasteiger partial charge in [-0.1, -0.05) is 12.1 Å². The van der Waals surface area contributed by atoms with Crippen molar-refractivity contribution in [2.45, 2.75) is 11.8 Å². The van der Waals surface area contributed by atoms with E-state index in [1.54, 1.807) is 6.92 Å². The lowest BCUT2D eigenvalue weighted by Gasteiger charge is -2.10. The van der Waals surface area contributed by atoms with E-state index in [1.165, 1.54) is 36.4 Å². The molecule has 0 aliphatic heterocycles. The van der Waals surface area contributed by atoms with E-state index in [-0.39, 0.29) is 21.8 Å². The van der Waals surface area contributed by atoms with Crippen LogP contribution in [0.4, 0.5) is 11.4 Å². The summed E-state index contributed by atoms with van der Waals surface area (Å²) in [5.74, 6) is -0.594. The molecule has 23 heavy (non-hydrogen) atoms. The van der Waals surface area contributed by atoms with E-state index in [4.69, 9.17) is 5.14 Å². The lowest BCUT2D eigenvalue weighted by molar-refractivity contribution is -0.384. The first-order valence-electron chi connectivity index (χ1n) is 6.38. The Hall–Kier alpha value is -2.78. The van der Waals surface area contributed by atoms with E-state index in [0.29, 0.717) is 5.56 Å². The maximum absolute atomic E-state index is 12.2. The highest BCUT2D eigenvalue weighted by Crippen LogP contribution is 2.21. The summed E-state index contributed by atoms with van der Waals surface area (Å²) in [5.41, 5.74) is 0.747. The number of nitrogens with zero attached hydrogens (tertiary/aromatic N) is 1. The minimum absolute atomic E-state index is 0.0830. The molecule has 8 nitrogen and oxygen atoms in total. The zero-order valence-corrected chi connectivity index (χ0v) is 12.8. The van der Waals surface area contributed by atoms with Gasteiger partial charge in [0.05, 0.1) is 9.82 Å². The van der Waals surface area contributed by atoms with Crippen molar-refractivity contribution in [1.82, 2.24) is 0 Å². The number of primary sulfonamides is 1. The fourth-order valence-corrected chi connectivity index (χ4v) is 2.41. The fourth-order valence-electron chi connectivity index (χ4n) is 1.87. The van der Waals surface area contributed by atoms with Crippen LogP contribution in [0.15, 0.2) is 47.4 Å². The highest BCUT2D eigenvalue weighted by molar-refractivity contribution is 7.89. The number of aryl methyl sites for hydroxylation is 1. The smallest absolute Gasteiger partial charge is 0.270 e. The van der Waals surface area contributed by atoms with Gasteiger partial charge < -0.3 is 5.32 Å². The minimum Gasteiger partial charge on any atom is -0.322 e. The zero-order chi connectivity index (χ0) is 17.2. The second-order valence-electron chi connectivity index (χ2n) is 4.78. The van der Waals surface area contributed by atoms with Crippen LogP contribution in [-0.2, 0) is 10.0 Å². The molecule has 0 bridgehead atoms. The van der Waals surface area contributed by atoms with Crippen molar-refractivity contribution in [2.75, 3.05) is 5.32 Å². The molecule has 0 aromatic heterocycles. The summed E-state index contributed by atoms with van der Waals surface area (Å²) in [6.45, 7) is 1.68. The lowest BCUT2D eigenvalue weighted by Crippen LogP contribution is -2.15. The normalized spacial score (nSPS) is 11.0. The van der Waals surface area contributed by atoms with E-state index >= 15 is 0 Å². The molecule has 0 spiro atoms. The van der Waals surface area contributed by atoms with Crippen molar-refractivity contribution in [3.63, 3.8) is 0 Å². The predicted octanol–water partition coefficient (Wildman–Crippen LogP) is 1.80. The van der Waals surface area contributed by atoms with Crippen molar-refractivity contribution in [3.8, 4) is 0 Å². The van der Waals surface area contributed by atoms with Crippen molar-refractivity contribution < 1.29 is 18.1 Å². The number of rotatable bonds is 4. The van der Waals surface area contributed by atoms with Crippen LogP contribution in [-0.4, -0.2) is 19.2 Å². The first kappa shape index (κ1) is 16.6. The summed E-state index contributed by atoms with van der Waals surface area (Å²) >= 11 is 0. The number of benzene rings is 2. The Morgan fingerprint density at radius 3 is 2.52 bits per heavy atom. The Balaban J connectivity index is 2.34. The van der Waals surface area contributed by atoms with Crippen LogP contribution in [0.5, 0.6) is 0 Å². The van der Waals surface area contributed by atoms with Gasteiger partial charge in [0.2, 0.25) is 10.0 Å². The number of non-ortho nitro benzene ring substituents is 1. The van der Waals surface area contributed by atoms with Crippen LogP contribution < -0.4 is 10.5 Å². The van der Waals surface area contributed by atoms with E-state index in [0.717, 1.165) is 6.07 Å². The standard InChI is InChI=1S/C14H13N3O5S/c1-9-5-6-12(23(15,21)22)8-13(9)16-14(18)10-3-2-4-11(7-10)17(19)20/h2-8H,1H3,(H,16,18)(H2,15,21,22). The van der Waals surface area contributed by atoms with Crippen LogP contribution in [0.25, 0.3) is 0 Å². The van der Waals surface area contributed by atoms with Crippen molar-refractivity contribution in [2.24, 2.45) is 5.14 Å². The monoisotopic (exact) mass is 335 g/mol. The third-order valence-electron chi connectivity index (χ3n) is 3.10. The molecule has 0 heterocycles. The van der Waals surface area contributed by atoms with E-state index < -0.39 is 20.9 Å². The predicted molar refractivity (Wildman–Crippen MR) is 83.6 cm³/mol. The number of nitrogens with two attached hydrogens (primary N) is 1. The number of carbonyl (C=O) groups is 1. The number of nitrogens with one attached hydrogen (secondary N) is 1. The summed E-state index contributed by atoms with van der Waals surface area (Å²) in [4.78, 5) is 22.2. The summed E-state index contributed by atoms with van der Waals surface area (Å²) in [6.07, 6.45) is 0. The van der Waals surface area contributed by atoms with Crippen LogP contribution >= 0.6 is 0 Å². The molecular weight excluding hydrogens is 322 g/mol. The average molecular weight is 335 g/mol. The van der Waals surface area contributed by atoms with Gasteiger partial charge in [0.25, 0.3) is 11.6 Å². The van der Waals surface area contributed by atoms with E-state index in [2.05, 4.69) is 5.32 Å². The average Bonchev–Trinajstić information content (AvgIpc) is 2.48. The van der Waals surface area contributed by atoms with Gasteiger partial charge in [0.1, 0.15) is 0 Å². The largest absolute Gasteiger partial charge is 0.322 e. The maximum atomic E-state index is 12.2. The van der Waals surface area contributed by atoms with Crippen molar-refractivity contribution in [1.29, 1.82) is 0 Å². The van der Waals surface area contributed by atoms with Gasteiger partial charge in [0.15, 0.2) is 0 Å². The molecule has 0 fully saturated rings. The molecule has 3 N–H and O–H groups in total. The zero-order valence-electron chi connectivity index (χ0n) is 12.0. The molecule has 9 heteroatoms. The Kier molecular flexibility index (Phi) is 4.43. The molecule has 0 atom stereocenters. The lowest BCUT2D eigenvalue weighted by atomic mass is 10.1. The Morgan fingerprint density at radius 1 is 1.22 bits per heavy atom. The number of nitro groups is 1. The Labute approximate surface area is 132 Å². The molecule has 2 aromatic rings. The first-order chi connectivity index (χ1) is 10.7. The molecule has 0 saturated carbocycles. The van der Waals surface area contributed by atoms with Gasteiger partial charge >= 0.3 is 0 Å². The highest BCUT2D eigenvalue weighted by Gasteiger charge is 2.14. The number of carbonyl (C=O) groups excluding carboxylic acids is 1. The van der Waals surface area contributed by atoms with Gasteiger partial charge in [-0.15, -0.1) is 0 Å². The number of sulfonamides is 1. The van der Waals surface area contributed by atoms with Crippen LogP contribution in [0.2, 0.25) is 0 Å². The number of nitro benzene ring substituents is 1. The molecular formula is C14H13N3O5S. The topological polar surface area (TPSA) is 132 Å². The third kappa shape index (κ3) is 3.90. The fraction of sp³-hybridized carbons (Fsp3) is 0.0714. The van der Waals surface area contributed by atoms with Gasteiger partial charge in [-0.3, -0.25) is 14.9 Å². The molecule has 120 valence electrons. The Morgan fingerprint density at radius 2 is 1.91 bits per heavy atom. The third-order valence-corrected chi connectivity index (χ3v) is 4.02. The summed E-state index contributed by atoms with van der Waals surface area (Å²) < 4.78 is 22.7. The van der Waals surface area contributed by atoms with Crippen molar-refractivity contribution in [3.05, 3.63) is 63.7 Å². The highest BCUT2D eigenvalue weighted by atomic mass is 32.2. The summed E-state index contributed by atoms with van der Waals surface area (Å²) in [6, 6.07) is 9.27. The minimum atomic E-state index is -3.90. The SMILES string of the molecule is Cc1ccc(S(N)(=O)=O)cc1NC(=O)c1cccc([N+](=O)[O-])c1. The number of hydrogen-bond acceptors (Lipinski definition) is 5. The summed E-state index contributed by atoms with van der Waals surface area (Å²) in [7, 11) is -3.90. The second-order valence-corrected chi connectivity index (χ2v) is 6.34. The molecule has 0 saturated heterocycles. The molecule has 0 aliphatic rings. The molecule has 0 aliphatic carbocycles. The number of amides is 1. The van der Waals surface area contributed by atoms with Gasteiger partial charge in [0, 0.05) is 23.4 Å². The van der Waals surface area contributed by atoms with Gasteiger partial charge in [-0.25, -0.2) is 13.6 Å². The molecule has 0 radical (unpaired) electrons. The van der Waals surface area contributed by atoms with Crippen LogP contribution in [0, 0.1) is 17.0 Å². The van der Waals surface area contributed by atoms with Gasteiger partial charge in [-0.2, -0.15) is 0 Å². The number of anilines is 1. The number of hydrogen-bond donors (Lipinski definition) is 2. The van der Waals surface area contributed by atoms with Crippen LogP contribution in [0.3, 0.4) is 0 Å². The quantitative estimate of drug-likeness (QED) is 0.649.